The van der Waals surface area contributed by atoms with Crippen LogP contribution in [-0.4, -0.2) is 22.9 Å². The first-order chi connectivity index (χ1) is 8.72. The molecule has 0 amide bonds. The number of alkyl halides is 1. The van der Waals surface area contributed by atoms with E-state index in [0.29, 0.717) is 24.7 Å². The molecule has 3 rings (SSSR count). The number of hydrogen-bond acceptors (Lipinski definition) is 4. The van der Waals surface area contributed by atoms with E-state index in [1.807, 2.05) is 31.2 Å². The highest BCUT2D eigenvalue weighted by Crippen LogP contribution is 2.25. The molecule has 1 aliphatic heterocycles. The molecule has 1 N–H and O–H groups in total. The predicted octanol–water partition coefficient (Wildman–Crippen LogP) is 2.42. The molecule has 0 radical (unpaired) electrons. The molecule has 0 spiro atoms. The fourth-order valence-corrected chi connectivity index (χ4v) is 2.08. The molecule has 1 saturated heterocycles. The average Bonchev–Trinajstić information content (AvgIpc) is 2.98. The second-order valence-corrected chi connectivity index (χ2v) is 4.62. The normalized spacial score (nSPS) is 23.4. The van der Waals surface area contributed by atoms with Gasteiger partial charge in [0.25, 0.3) is 0 Å². The smallest absolute Gasteiger partial charge is 0.244 e. The maximum Gasteiger partial charge on any atom is 0.244 e. The van der Waals surface area contributed by atoms with E-state index >= 15 is 0 Å². The Morgan fingerprint density at radius 2 is 2.11 bits per heavy atom. The molecule has 0 unspecified atom stereocenters. The van der Waals surface area contributed by atoms with E-state index in [-0.39, 0.29) is 6.04 Å². The van der Waals surface area contributed by atoms with E-state index in [0.717, 1.165) is 5.56 Å². The number of aryl methyl sites for hydroxylation is 1. The van der Waals surface area contributed by atoms with Crippen molar-refractivity contribution in [1.82, 2.24) is 15.5 Å². The summed E-state index contributed by atoms with van der Waals surface area (Å²) in [6.45, 7) is 2.38. The van der Waals surface area contributed by atoms with Gasteiger partial charge in [-0.05, 0) is 6.92 Å². The quantitative estimate of drug-likeness (QED) is 0.885. The van der Waals surface area contributed by atoms with Gasteiger partial charge in [0.1, 0.15) is 6.17 Å². The zero-order chi connectivity index (χ0) is 12.5. The number of hydrogen-bond donors (Lipinski definition) is 1. The van der Waals surface area contributed by atoms with Crippen LogP contribution in [0.15, 0.2) is 28.8 Å². The maximum absolute atomic E-state index is 13.1. The van der Waals surface area contributed by atoms with Crippen LogP contribution in [0.5, 0.6) is 0 Å². The Bertz CT molecular complexity index is 537. The van der Waals surface area contributed by atoms with Crippen molar-refractivity contribution in [2.45, 2.75) is 25.6 Å². The third-order valence-corrected chi connectivity index (χ3v) is 3.13. The summed E-state index contributed by atoms with van der Waals surface area (Å²) in [6, 6.07) is 7.73. The lowest BCUT2D eigenvalue weighted by Crippen LogP contribution is -2.14. The summed E-state index contributed by atoms with van der Waals surface area (Å²) in [5.41, 5.74) is 2.09. The Balaban J connectivity index is 1.83. The van der Waals surface area contributed by atoms with Crippen molar-refractivity contribution in [2.75, 3.05) is 6.54 Å². The first-order valence-electron chi connectivity index (χ1n) is 6.00. The summed E-state index contributed by atoms with van der Waals surface area (Å²) in [4.78, 5) is 4.32. The molecule has 5 heteroatoms. The molecular formula is C13H14FN3O. The fraction of sp³-hybridized carbons (Fsp3) is 0.385. The van der Waals surface area contributed by atoms with Crippen molar-refractivity contribution < 1.29 is 8.91 Å². The van der Waals surface area contributed by atoms with Gasteiger partial charge in [-0.2, -0.15) is 4.98 Å². The number of halogens is 1. The molecule has 0 saturated carbocycles. The van der Waals surface area contributed by atoms with Crippen LogP contribution in [-0.2, 0) is 0 Å². The maximum atomic E-state index is 13.1. The molecule has 0 aliphatic carbocycles. The van der Waals surface area contributed by atoms with E-state index in [1.165, 1.54) is 5.56 Å². The highest BCUT2D eigenvalue weighted by molar-refractivity contribution is 5.54. The van der Waals surface area contributed by atoms with Gasteiger partial charge in [0.05, 0.1) is 6.04 Å². The third kappa shape index (κ3) is 2.13. The third-order valence-electron chi connectivity index (χ3n) is 3.13. The molecular weight excluding hydrogens is 233 g/mol. The van der Waals surface area contributed by atoms with E-state index in [1.54, 1.807) is 0 Å². The minimum absolute atomic E-state index is 0.160. The Kier molecular flexibility index (Phi) is 2.83. The van der Waals surface area contributed by atoms with Crippen molar-refractivity contribution in [3.63, 3.8) is 0 Å². The Morgan fingerprint density at radius 3 is 2.78 bits per heavy atom. The van der Waals surface area contributed by atoms with Gasteiger partial charge in [0.15, 0.2) is 0 Å². The highest BCUT2D eigenvalue weighted by Gasteiger charge is 2.29. The Labute approximate surface area is 104 Å². The lowest BCUT2D eigenvalue weighted by Gasteiger charge is -2.01. The van der Waals surface area contributed by atoms with Crippen LogP contribution in [0.4, 0.5) is 4.39 Å². The van der Waals surface area contributed by atoms with E-state index < -0.39 is 6.17 Å². The van der Waals surface area contributed by atoms with E-state index in [9.17, 15) is 4.39 Å². The molecule has 1 aromatic heterocycles. The highest BCUT2D eigenvalue weighted by atomic mass is 19.1. The van der Waals surface area contributed by atoms with Crippen molar-refractivity contribution in [3.05, 3.63) is 35.7 Å². The monoisotopic (exact) mass is 247 g/mol. The Morgan fingerprint density at radius 1 is 1.33 bits per heavy atom. The molecule has 4 nitrogen and oxygen atoms in total. The predicted molar refractivity (Wildman–Crippen MR) is 64.7 cm³/mol. The standard InChI is InChI=1S/C13H14FN3O/c1-8-2-4-9(5-3-8)12-16-13(18-17-12)11-6-10(14)7-15-11/h2-5,10-11,15H,6-7H2,1H3/t10-,11+/m0/s1. The minimum Gasteiger partial charge on any atom is -0.337 e. The van der Waals surface area contributed by atoms with Crippen LogP contribution in [0.25, 0.3) is 11.4 Å². The molecule has 1 aromatic carbocycles. The van der Waals surface area contributed by atoms with E-state index in [4.69, 9.17) is 4.52 Å². The second-order valence-electron chi connectivity index (χ2n) is 4.62. The molecule has 18 heavy (non-hydrogen) atoms. The van der Waals surface area contributed by atoms with Crippen LogP contribution in [0.2, 0.25) is 0 Å². The first-order valence-corrected chi connectivity index (χ1v) is 6.00. The molecule has 0 bridgehead atoms. The number of aromatic nitrogens is 2. The summed E-state index contributed by atoms with van der Waals surface area (Å²) in [5, 5.41) is 6.96. The zero-order valence-corrected chi connectivity index (χ0v) is 10.1. The van der Waals surface area contributed by atoms with Crippen LogP contribution in [0.1, 0.15) is 23.9 Å². The average molecular weight is 247 g/mol. The van der Waals surface area contributed by atoms with Gasteiger partial charge in [-0.15, -0.1) is 0 Å². The lowest BCUT2D eigenvalue weighted by molar-refractivity contribution is 0.324. The SMILES string of the molecule is Cc1ccc(-c2noc([C@H]3C[C@H](F)CN3)n2)cc1. The molecule has 2 aromatic rings. The first kappa shape index (κ1) is 11.3. The van der Waals surface area contributed by atoms with Crippen LogP contribution < -0.4 is 5.32 Å². The Hall–Kier alpha value is -1.75. The summed E-state index contributed by atoms with van der Waals surface area (Å²) in [7, 11) is 0. The largest absolute Gasteiger partial charge is 0.337 e. The molecule has 1 aliphatic rings. The number of rotatable bonds is 2. The van der Waals surface area contributed by atoms with Gasteiger partial charge >= 0.3 is 0 Å². The van der Waals surface area contributed by atoms with Crippen molar-refractivity contribution in [2.24, 2.45) is 0 Å². The second kappa shape index (κ2) is 4.49. The van der Waals surface area contributed by atoms with Crippen LogP contribution in [0.3, 0.4) is 0 Å². The van der Waals surface area contributed by atoms with Crippen molar-refractivity contribution >= 4 is 0 Å². The van der Waals surface area contributed by atoms with Gasteiger partial charge in [-0.25, -0.2) is 4.39 Å². The van der Waals surface area contributed by atoms with Crippen molar-refractivity contribution in [1.29, 1.82) is 0 Å². The summed E-state index contributed by atoms with van der Waals surface area (Å²) >= 11 is 0. The van der Waals surface area contributed by atoms with Crippen LogP contribution in [0, 0.1) is 6.92 Å². The number of nitrogens with one attached hydrogen (secondary N) is 1. The van der Waals surface area contributed by atoms with E-state index in [2.05, 4.69) is 15.5 Å². The van der Waals surface area contributed by atoms with Crippen LogP contribution >= 0.6 is 0 Å². The summed E-state index contributed by atoms with van der Waals surface area (Å²) < 4.78 is 18.3. The zero-order valence-electron chi connectivity index (χ0n) is 10.1. The van der Waals surface area contributed by atoms with Gasteiger partial charge in [-0.1, -0.05) is 35.0 Å². The van der Waals surface area contributed by atoms with Gasteiger partial charge < -0.3 is 9.84 Å². The fourth-order valence-electron chi connectivity index (χ4n) is 2.08. The van der Waals surface area contributed by atoms with Gasteiger partial charge in [0, 0.05) is 18.5 Å². The molecule has 1 fully saturated rings. The molecule has 2 atom stereocenters. The van der Waals surface area contributed by atoms with Crippen molar-refractivity contribution in [3.8, 4) is 11.4 Å². The molecule has 2 heterocycles. The number of nitrogens with zero attached hydrogens (tertiary/aromatic N) is 2. The van der Waals surface area contributed by atoms with Gasteiger partial charge in [-0.3, -0.25) is 0 Å². The summed E-state index contributed by atoms with van der Waals surface area (Å²) in [5.74, 6) is 1.01. The molecule has 94 valence electrons. The lowest BCUT2D eigenvalue weighted by atomic mass is 10.1. The summed E-state index contributed by atoms with van der Waals surface area (Å²) in [6.07, 6.45) is -0.431. The minimum atomic E-state index is -0.829. The number of benzene rings is 1. The van der Waals surface area contributed by atoms with Gasteiger partial charge in [0.2, 0.25) is 11.7 Å². The topological polar surface area (TPSA) is 51.0 Å².